The number of nitrogens with zero attached hydrogens (tertiary/aromatic N) is 6. The van der Waals surface area contributed by atoms with Crippen LogP contribution in [0.2, 0.25) is 0 Å². The SMILES string of the molecule is CC.CC.CC.CC.Cc1cc(C2CC2)on1.Cc1ccc(OC(F)F)nc1.Cc1ccn(C2CC2)n1.Cc1ncc(C(F)(F)F)cn1. The summed E-state index contributed by atoms with van der Waals surface area (Å²) in [4.78, 5) is 10.4. The summed E-state index contributed by atoms with van der Waals surface area (Å²) in [6, 6.07) is 7.88. The third kappa shape index (κ3) is 21.1. The van der Waals surface area contributed by atoms with E-state index in [1.54, 1.807) is 6.07 Å². The lowest BCUT2D eigenvalue weighted by Gasteiger charge is -2.03. The summed E-state index contributed by atoms with van der Waals surface area (Å²) in [6.07, 6.45) is 5.94. The first-order valence-electron chi connectivity index (χ1n) is 16.6. The first-order valence-corrected chi connectivity index (χ1v) is 16.6. The second kappa shape index (κ2) is 26.1. The van der Waals surface area contributed by atoms with E-state index >= 15 is 0 Å². The molecule has 0 saturated heterocycles. The van der Waals surface area contributed by atoms with E-state index in [1.165, 1.54) is 44.9 Å². The molecule has 6 rings (SSSR count). The molecule has 0 spiro atoms. The minimum Gasteiger partial charge on any atom is -0.417 e. The Morgan fingerprint density at radius 3 is 1.69 bits per heavy atom. The smallest absolute Gasteiger partial charge is 0.417 e. The molecule has 0 aromatic carbocycles. The van der Waals surface area contributed by atoms with Gasteiger partial charge in [-0.2, -0.15) is 27.1 Å². The fraction of sp³-hybridized carbons (Fsp3) is 0.571. The minimum atomic E-state index is -4.34. The van der Waals surface area contributed by atoms with Crippen molar-refractivity contribution in [2.45, 2.75) is 134 Å². The Kier molecular flexibility index (Phi) is 25.1. The van der Waals surface area contributed by atoms with E-state index in [4.69, 9.17) is 4.52 Å². The predicted molar refractivity (Wildman–Crippen MR) is 181 cm³/mol. The largest absolute Gasteiger partial charge is 0.419 e. The number of aromatic nitrogens is 6. The van der Waals surface area contributed by atoms with Gasteiger partial charge < -0.3 is 9.26 Å². The fourth-order valence-electron chi connectivity index (χ4n) is 3.07. The highest BCUT2D eigenvalue weighted by Gasteiger charge is 2.31. The summed E-state index contributed by atoms with van der Waals surface area (Å²) in [5.74, 6) is 2.06. The summed E-state index contributed by atoms with van der Waals surface area (Å²) < 4.78 is 69.8. The van der Waals surface area contributed by atoms with Crippen LogP contribution in [0.15, 0.2) is 53.6 Å². The van der Waals surface area contributed by atoms with Gasteiger partial charge in [0.1, 0.15) is 11.6 Å². The molecule has 0 N–H and O–H groups in total. The van der Waals surface area contributed by atoms with Crippen LogP contribution >= 0.6 is 0 Å². The first kappa shape index (κ1) is 46.2. The Labute approximate surface area is 283 Å². The maximum Gasteiger partial charge on any atom is 0.419 e. The number of pyridine rings is 1. The van der Waals surface area contributed by atoms with Gasteiger partial charge in [0.25, 0.3) is 0 Å². The van der Waals surface area contributed by atoms with Crippen LogP contribution in [0, 0.1) is 27.7 Å². The summed E-state index contributed by atoms with van der Waals surface area (Å²) >= 11 is 0. The van der Waals surface area contributed by atoms with Gasteiger partial charge in [0.2, 0.25) is 5.88 Å². The van der Waals surface area contributed by atoms with Crippen LogP contribution in [0.3, 0.4) is 0 Å². The molecular weight excluding hydrogens is 631 g/mol. The van der Waals surface area contributed by atoms with Crippen LogP contribution in [0.1, 0.15) is 127 Å². The van der Waals surface area contributed by atoms with Crippen molar-refractivity contribution in [3.05, 3.63) is 83.2 Å². The molecule has 0 radical (unpaired) electrons. The molecule has 0 bridgehead atoms. The van der Waals surface area contributed by atoms with Crippen molar-refractivity contribution in [3.8, 4) is 5.88 Å². The average molecular weight is 687 g/mol. The quantitative estimate of drug-likeness (QED) is 0.197. The topological polar surface area (TPSA) is 91.8 Å². The van der Waals surface area contributed by atoms with Crippen molar-refractivity contribution in [2.24, 2.45) is 0 Å². The predicted octanol–water partition coefficient (Wildman–Crippen LogP) is 11.3. The molecule has 2 fully saturated rings. The van der Waals surface area contributed by atoms with Gasteiger partial charge in [-0.15, -0.1) is 0 Å². The minimum absolute atomic E-state index is 0.0504. The zero-order valence-corrected chi connectivity index (χ0v) is 30.6. The molecule has 2 aliphatic carbocycles. The molecule has 2 saturated carbocycles. The summed E-state index contributed by atoms with van der Waals surface area (Å²) in [5, 5.41) is 8.09. The fourth-order valence-corrected chi connectivity index (χ4v) is 3.07. The number of ether oxygens (including phenoxy) is 1. The van der Waals surface area contributed by atoms with Crippen molar-refractivity contribution in [3.63, 3.8) is 0 Å². The van der Waals surface area contributed by atoms with E-state index in [-0.39, 0.29) is 5.88 Å². The third-order valence-electron chi connectivity index (χ3n) is 5.49. The Hall–Kier alpha value is -3.90. The normalized spacial score (nSPS) is 12.4. The lowest BCUT2D eigenvalue weighted by Crippen LogP contribution is -2.06. The Bertz CT molecular complexity index is 1250. The van der Waals surface area contributed by atoms with Crippen molar-refractivity contribution in [1.82, 2.24) is 29.9 Å². The number of halogens is 5. The molecule has 0 aliphatic heterocycles. The number of aryl methyl sites for hydroxylation is 4. The zero-order valence-electron chi connectivity index (χ0n) is 30.6. The van der Waals surface area contributed by atoms with E-state index in [9.17, 15) is 22.0 Å². The van der Waals surface area contributed by atoms with Gasteiger partial charge >= 0.3 is 12.8 Å². The van der Waals surface area contributed by atoms with E-state index in [0.29, 0.717) is 11.7 Å². The molecule has 0 unspecified atom stereocenters. The Morgan fingerprint density at radius 1 is 0.771 bits per heavy atom. The molecule has 4 aromatic heterocycles. The standard InChI is InChI=1S/C7H7F2NO.C7H10N2.C7H9NO.C6H5F3N2.4C2H6/c1-5-2-3-6(10-4-5)11-7(8)9;1-6-4-5-9(8-6)7-2-3-7;1-5-4-7(9-8-5)6-2-3-6;1-4-10-2-5(3-11-4)6(7,8)9;4*1-2/h2-4,7H,1H3;4-5,7H,2-3H2,1H3;4,6H,2-3H2,1H3;2-3H,1H3;4*1-2H3. The van der Waals surface area contributed by atoms with Gasteiger partial charge in [0.15, 0.2) is 0 Å². The van der Waals surface area contributed by atoms with E-state index in [0.717, 1.165) is 41.1 Å². The molecule has 4 heterocycles. The van der Waals surface area contributed by atoms with Gasteiger partial charge in [-0.05, 0) is 65.0 Å². The number of rotatable bonds is 4. The van der Waals surface area contributed by atoms with Gasteiger partial charge in [-0.3, -0.25) is 4.68 Å². The maximum atomic E-state index is 11.8. The lowest BCUT2D eigenvalue weighted by atomic mass is 10.3. The van der Waals surface area contributed by atoms with Crippen LogP contribution in [0.5, 0.6) is 5.88 Å². The van der Waals surface area contributed by atoms with E-state index < -0.39 is 18.4 Å². The molecule has 0 amide bonds. The Morgan fingerprint density at radius 2 is 1.33 bits per heavy atom. The lowest BCUT2D eigenvalue weighted by molar-refractivity contribution is -0.138. The number of hydrogen-bond acceptors (Lipinski definition) is 7. The van der Waals surface area contributed by atoms with Gasteiger partial charge in [0.05, 0.1) is 23.0 Å². The van der Waals surface area contributed by atoms with Crippen LogP contribution in [0.4, 0.5) is 22.0 Å². The van der Waals surface area contributed by atoms with Gasteiger partial charge in [-0.1, -0.05) is 66.6 Å². The molecule has 0 atom stereocenters. The molecule has 48 heavy (non-hydrogen) atoms. The summed E-state index contributed by atoms with van der Waals surface area (Å²) in [7, 11) is 0. The van der Waals surface area contributed by atoms with Crippen LogP contribution in [-0.4, -0.2) is 36.5 Å². The van der Waals surface area contributed by atoms with Crippen molar-refractivity contribution < 1.29 is 31.2 Å². The first-order chi connectivity index (χ1) is 22.9. The molecule has 8 nitrogen and oxygen atoms in total. The Balaban J connectivity index is 0. The molecule has 4 aromatic rings. The highest BCUT2D eigenvalue weighted by Crippen LogP contribution is 2.40. The van der Waals surface area contributed by atoms with E-state index in [2.05, 4.69) is 46.9 Å². The van der Waals surface area contributed by atoms with Gasteiger partial charge in [0, 0.05) is 42.8 Å². The van der Waals surface area contributed by atoms with Crippen molar-refractivity contribution in [2.75, 3.05) is 0 Å². The molecular formula is C35H55F5N6O2. The highest BCUT2D eigenvalue weighted by atomic mass is 19.4. The van der Waals surface area contributed by atoms with E-state index in [1.807, 2.05) is 82.2 Å². The molecule has 2 aliphatic rings. The van der Waals surface area contributed by atoms with Crippen LogP contribution < -0.4 is 4.74 Å². The van der Waals surface area contributed by atoms with Gasteiger partial charge in [-0.25, -0.2) is 15.0 Å². The van der Waals surface area contributed by atoms with Crippen molar-refractivity contribution >= 4 is 0 Å². The maximum absolute atomic E-state index is 11.8. The zero-order chi connectivity index (χ0) is 37.3. The summed E-state index contributed by atoms with van der Waals surface area (Å²) in [5.41, 5.74) is 2.22. The monoisotopic (exact) mass is 686 g/mol. The second-order valence-corrected chi connectivity index (χ2v) is 9.38. The average Bonchev–Trinajstić information content (AvgIpc) is 4.03. The second-order valence-electron chi connectivity index (χ2n) is 9.38. The van der Waals surface area contributed by atoms with Crippen LogP contribution in [0.25, 0.3) is 0 Å². The van der Waals surface area contributed by atoms with Crippen LogP contribution in [-0.2, 0) is 6.18 Å². The van der Waals surface area contributed by atoms with Crippen molar-refractivity contribution in [1.29, 1.82) is 0 Å². The number of alkyl halides is 5. The molecule has 13 heteroatoms. The summed E-state index contributed by atoms with van der Waals surface area (Å²) in [6.45, 7) is 20.5. The number of hydrogen-bond donors (Lipinski definition) is 0. The third-order valence-corrected chi connectivity index (χ3v) is 5.49. The highest BCUT2D eigenvalue weighted by molar-refractivity contribution is 5.16. The molecule has 272 valence electrons.